The Balaban J connectivity index is 1.62. The van der Waals surface area contributed by atoms with E-state index in [1.54, 1.807) is 13.3 Å². The van der Waals surface area contributed by atoms with Crippen molar-refractivity contribution in [2.75, 3.05) is 40.1 Å². The van der Waals surface area contributed by atoms with Crippen molar-refractivity contribution in [3.05, 3.63) is 36.0 Å². The average Bonchev–Trinajstić information content (AvgIpc) is 3.67. The molecular weight excluding hydrogens is 490 g/mol. The lowest BCUT2D eigenvalue weighted by Crippen LogP contribution is -2.44. The number of aromatic nitrogens is 1. The fourth-order valence-corrected chi connectivity index (χ4v) is 5.53. The van der Waals surface area contributed by atoms with Crippen LogP contribution in [-0.4, -0.2) is 77.9 Å². The topological polar surface area (TPSA) is 115 Å². The molecule has 3 atom stereocenters. The number of likely N-dealkylation sites (tertiary alicyclic amines) is 1. The van der Waals surface area contributed by atoms with Crippen LogP contribution < -0.4 is 14.2 Å². The number of hydrogen-bond donors (Lipinski definition) is 1. The lowest BCUT2D eigenvalue weighted by molar-refractivity contribution is -0.143. The van der Waals surface area contributed by atoms with Gasteiger partial charge >= 0.3 is 5.97 Å². The molecule has 0 aliphatic carbocycles. The fraction of sp³-hybridized carbons (Fsp3) is 0.607. The summed E-state index contributed by atoms with van der Waals surface area (Å²) in [6, 6.07) is 3.31. The molecule has 1 saturated heterocycles. The standard InChI is InChI=1S/C28H39N3O7/c1-4-6-11-30(12-7-5-2)25(32)17-31-16-20(19-14-22(35-3)27-23(15-19)37-18-38-27)26(28(33)34)21(31)8-9-24-29-10-13-36-24/h10,13-15,20-21,26H,4-9,11-12,16-18H2,1-3H3,(H,33,34)/t20-,21-,26+/m1/s1. The summed E-state index contributed by atoms with van der Waals surface area (Å²) >= 11 is 0. The van der Waals surface area contributed by atoms with Gasteiger partial charge < -0.3 is 28.6 Å². The molecule has 0 unspecified atom stereocenters. The van der Waals surface area contributed by atoms with Crippen LogP contribution in [-0.2, 0) is 16.0 Å². The molecule has 2 aliphatic rings. The Morgan fingerprint density at radius 3 is 2.58 bits per heavy atom. The summed E-state index contributed by atoms with van der Waals surface area (Å²) in [5.74, 6) is 0.182. The third-order valence-corrected chi connectivity index (χ3v) is 7.53. The zero-order chi connectivity index (χ0) is 27.1. The molecule has 0 radical (unpaired) electrons. The number of oxazole rings is 1. The minimum atomic E-state index is -0.896. The van der Waals surface area contributed by atoms with E-state index in [2.05, 4.69) is 18.8 Å². The SMILES string of the molecule is CCCCN(CCCC)C(=O)CN1C[C@H](c2cc(OC)c3c(c2)OCO3)[C@H](C(=O)O)[C@H]1CCc1ncco1. The zero-order valence-electron chi connectivity index (χ0n) is 22.6. The number of amides is 1. The smallest absolute Gasteiger partial charge is 0.308 e. The lowest BCUT2D eigenvalue weighted by atomic mass is 9.83. The first-order chi connectivity index (χ1) is 18.5. The highest BCUT2D eigenvalue weighted by atomic mass is 16.7. The quantitative estimate of drug-likeness (QED) is 0.389. The van der Waals surface area contributed by atoms with Gasteiger partial charge in [-0.2, -0.15) is 0 Å². The van der Waals surface area contributed by atoms with Crippen molar-refractivity contribution >= 4 is 11.9 Å². The van der Waals surface area contributed by atoms with Crippen LogP contribution >= 0.6 is 0 Å². The molecule has 1 N–H and O–H groups in total. The minimum absolute atomic E-state index is 0.0427. The Morgan fingerprint density at radius 2 is 1.95 bits per heavy atom. The number of methoxy groups -OCH3 is 1. The van der Waals surface area contributed by atoms with Crippen molar-refractivity contribution in [2.24, 2.45) is 5.92 Å². The largest absolute Gasteiger partial charge is 0.493 e. The molecule has 0 bridgehead atoms. The normalized spacial score (nSPS) is 20.6. The Hall–Kier alpha value is -3.27. The first kappa shape index (κ1) is 27.8. The van der Waals surface area contributed by atoms with Gasteiger partial charge in [0.05, 0.1) is 25.8 Å². The number of hydrogen-bond acceptors (Lipinski definition) is 8. The Morgan fingerprint density at radius 1 is 1.18 bits per heavy atom. The van der Waals surface area contributed by atoms with Crippen LogP contribution in [0.4, 0.5) is 0 Å². The number of ether oxygens (including phenoxy) is 3. The van der Waals surface area contributed by atoms with Crippen LogP contribution in [0.25, 0.3) is 0 Å². The van der Waals surface area contributed by atoms with E-state index in [4.69, 9.17) is 18.6 Å². The van der Waals surface area contributed by atoms with Crippen LogP contribution in [0.1, 0.15) is 63.3 Å². The molecule has 1 aromatic carbocycles. The predicted molar refractivity (Wildman–Crippen MR) is 140 cm³/mol. The van der Waals surface area contributed by atoms with E-state index in [1.807, 2.05) is 21.9 Å². The molecule has 4 rings (SSSR count). The molecule has 1 fully saturated rings. The number of carbonyl (C=O) groups excluding carboxylic acids is 1. The number of aliphatic carboxylic acids is 1. The van der Waals surface area contributed by atoms with Gasteiger partial charge in [0.2, 0.25) is 18.4 Å². The number of aryl methyl sites for hydroxylation is 1. The first-order valence-electron chi connectivity index (χ1n) is 13.6. The van der Waals surface area contributed by atoms with E-state index in [0.29, 0.717) is 42.5 Å². The van der Waals surface area contributed by atoms with Crippen molar-refractivity contribution in [3.8, 4) is 17.2 Å². The monoisotopic (exact) mass is 529 g/mol. The van der Waals surface area contributed by atoms with Crippen molar-refractivity contribution in [2.45, 2.75) is 64.3 Å². The van der Waals surface area contributed by atoms with E-state index >= 15 is 0 Å². The third-order valence-electron chi connectivity index (χ3n) is 7.53. The second kappa shape index (κ2) is 13.0. The molecule has 2 aliphatic heterocycles. The van der Waals surface area contributed by atoms with Gasteiger partial charge in [0.15, 0.2) is 17.4 Å². The number of carboxylic acids is 1. The lowest BCUT2D eigenvalue weighted by Gasteiger charge is -2.29. The summed E-state index contributed by atoms with van der Waals surface area (Å²) in [5.41, 5.74) is 0.795. The molecule has 208 valence electrons. The van der Waals surface area contributed by atoms with Gasteiger partial charge in [-0.05, 0) is 37.0 Å². The molecule has 1 amide bonds. The number of unbranched alkanes of at least 4 members (excludes halogenated alkanes) is 2. The maximum absolute atomic E-state index is 13.5. The molecule has 1 aromatic heterocycles. The highest BCUT2D eigenvalue weighted by Crippen LogP contribution is 2.47. The zero-order valence-corrected chi connectivity index (χ0v) is 22.6. The molecule has 0 saturated carbocycles. The Bertz CT molecular complexity index is 1070. The van der Waals surface area contributed by atoms with Crippen molar-refractivity contribution in [3.63, 3.8) is 0 Å². The summed E-state index contributed by atoms with van der Waals surface area (Å²) in [6.07, 6.45) is 8.00. The second-order valence-electron chi connectivity index (χ2n) is 9.98. The van der Waals surface area contributed by atoms with Gasteiger partial charge in [0.1, 0.15) is 6.26 Å². The first-order valence-corrected chi connectivity index (χ1v) is 13.6. The van der Waals surface area contributed by atoms with Crippen molar-refractivity contribution in [1.29, 1.82) is 0 Å². The summed E-state index contributed by atoms with van der Waals surface area (Å²) in [7, 11) is 1.55. The molecule has 3 heterocycles. The summed E-state index contributed by atoms with van der Waals surface area (Å²) < 4.78 is 22.1. The van der Waals surface area contributed by atoms with E-state index in [0.717, 1.165) is 44.3 Å². The van der Waals surface area contributed by atoms with E-state index in [9.17, 15) is 14.7 Å². The van der Waals surface area contributed by atoms with Crippen molar-refractivity contribution in [1.82, 2.24) is 14.8 Å². The molecule has 0 spiro atoms. The molecule has 38 heavy (non-hydrogen) atoms. The van der Waals surface area contributed by atoms with E-state index in [-0.39, 0.29) is 31.2 Å². The number of rotatable bonds is 14. The van der Waals surface area contributed by atoms with Gasteiger partial charge in [-0.25, -0.2) is 4.98 Å². The molecule has 10 heteroatoms. The highest BCUT2D eigenvalue weighted by molar-refractivity contribution is 5.79. The number of carboxylic acid groups (broad SMARTS) is 1. The minimum Gasteiger partial charge on any atom is -0.493 e. The van der Waals surface area contributed by atoms with Crippen LogP contribution in [0, 0.1) is 5.92 Å². The highest BCUT2D eigenvalue weighted by Gasteiger charge is 2.47. The average molecular weight is 530 g/mol. The number of carbonyl (C=O) groups is 2. The fourth-order valence-electron chi connectivity index (χ4n) is 5.53. The molecule has 2 aromatic rings. The van der Waals surface area contributed by atoms with Crippen LogP contribution in [0.3, 0.4) is 0 Å². The van der Waals surface area contributed by atoms with E-state index < -0.39 is 11.9 Å². The number of fused-ring (bicyclic) bond motifs is 1. The van der Waals surface area contributed by atoms with Gasteiger partial charge in [0, 0.05) is 38.0 Å². The van der Waals surface area contributed by atoms with Gasteiger partial charge in [-0.3, -0.25) is 14.5 Å². The number of benzene rings is 1. The maximum Gasteiger partial charge on any atom is 0.308 e. The molecule has 10 nitrogen and oxygen atoms in total. The molecular formula is C28H39N3O7. The maximum atomic E-state index is 13.5. The predicted octanol–water partition coefficient (Wildman–Crippen LogP) is 3.94. The summed E-state index contributed by atoms with van der Waals surface area (Å²) in [5, 5.41) is 10.4. The summed E-state index contributed by atoms with van der Waals surface area (Å²) in [4.78, 5) is 34.4. The van der Waals surface area contributed by atoms with Crippen LogP contribution in [0.15, 0.2) is 29.0 Å². The Kier molecular flexibility index (Phi) is 9.49. The van der Waals surface area contributed by atoms with Gasteiger partial charge in [-0.1, -0.05) is 26.7 Å². The number of nitrogens with zero attached hydrogens (tertiary/aromatic N) is 3. The van der Waals surface area contributed by atoms with Crippen LogP contribution in [0.5, 0.6) is 17.2 Å². The van der Waals surface area contributed by atoms with Gasteiger partial charge in [-0.15, -0.1) is 0 Å². The van der Waals surface area contributed by atoms with E-state index in [1.165, 1.54) is 6.26 Å². The third kappa shape index (κ3) is 6.23. The summed E-state index contributed by atoms with van der Waals surface area (Å²) in [6.45, 7) is 6.35. The Labute approximate surface area is 223 Å². The van der Waals surface area contributed by atoms with Crippen LogP contribution in [0.2, 0.25) is 0 Å². The van der Waals surface area contributed by atoms with Crippen molar-refractivity contribution < 1.29 is 33.3 Å². The van der Waals surface area contributed by atoms with Gasteiger partial charge in [0.25, 0.3) is 0 Å². The second-order valence-corrected chi connectivity index (χ2v) is 9.98.